The predicted molar refractivity (Wildman–Crippen MR) is 140 cm³/mol. The number of ether oxygens (including phenoxy) is 1. The maximum absolute atomic E-state index is 12.6. The fraction of sp³-hybridized carbons (Fsp3) is 0.172. The lowest BCUT2D eigenvalue weighted by atomic mass is 10.1. The lowest BCUT2D eigenvalue weighted by molar-refractivity contribution is -0.128. The Morgan fingerprint density at radius 2 is 1.66 bits per heavy atom. The monoisotopic (exact) mass is 482 g/mol. The molecule has 5 rings (SSSR count). The maximum atomic E-state index is 12.6. The van der Waals surface area contributed by atoms with E-state index >= 15 is 0 Å². The molecule has 1 fully saturated rings. The Balaban J connectivity index is 1.16. The summed E-state index contributed by atoms with van der Waals surface area (Å²) in [4.78, 5) is 27.0. The molecular weight excluding hydrogens is 456 g/mol. The fourth-order valence-corrected chi connectivity index (χ4v) is 5.42. The van der Waals surface area contributed by atoms with E-state index in [4.69, 9.17) is 4.74 Å². The fourth-order valence-electron chi connectivity index (χ4n) is 4.23. The first-order chi connectivity index (χ1) is 17.2. The Bertz CT molecular complexity index is 1320. The minimum Gasteiger partial charge on any atom is -0.491 e. The zero-order valence-electron chi connectivity index (χ0n) is 19.2. The van der Waals surface area contributed by atoms with Crippen molar-refractivity contribution in [2.24, 2.45) is 0 Å². The predicted octanol–water partition coefficient (Wildman–Crippen LogP) is 5.42. The van der Waals surface area contributed by atoms with Gasteiger partial charge in [0.15, 0.2) is 0 Å². The second-order valence-electron chi connectivity index (χ2n) is 8.37. The third kappa shape index (κ3) is 5.33. The molecule has 1 heterocycles. The quantitative estimate of drug-likeness (QED) is 0.341. The number of carbonyl (C=O) groups excluding carboxylic acids is 2. The van der Waals surface area contributed by atoms with Gasteiger partial charge in [0.25, 0.3) is 5.91 Å². The van der Waals surface area contributed by atoms with E-state index < -0.39 is 0 Å². The molecule has 0 aromatic heterocycles. The molecule has 0 radical (unpaired) electrons. The smallest absolute Gasteiger partial charge is 0.251 e. The van der Waals surface area contributed by atoms with E-state index in [1.54, 1.807) is 11.8 Å². The van der Waals surface area contributed by atoms with Crippen LogP contribution in [0.4, 0.5) is 0 Å². The van der Waals surface area contributed by atoms with E-state index in [-0.39, 0.29) is 17.2 Å². The molecule has 35 heavy (non-hydrogen) atoms. The van der Waals surface area contributed by atoms with E-state index in [9.17, 15) is 9.59 Å². The normalized spacial score (nSPS) is 15.4. The van der Waals surface area contributed by atoms with Gasteiger partial charge in [-0.3, -0.25) is 9.59 Å². The number of benzene rings is 4. The van der Waals surface area contributed by atoms with Gasteiger partial charge in [-0.05, 0) is 34.7 Å². The van der Waals surface area contributed by atoms with Gasteiger partial charge in [-0.25, -0.2) is 0 Å². The topological polar surface area (TPSA) is 58.6 Å². The van der Waals surface area contributed by atoms with Crippen LogP contribution in [0.15, 0.2) is 97.1 Å². The molecule has 1 atom stereocenters. The Labute approximate surface area is 209 Å². The van der Waals surface area contributed by atoms with Crippen LogP contribution in [0.3, 0.4) is 0 Å². The van der Waals surface area contributed by atoms with Gasteiger partial charge in [-0.2, -0.15) is 0 Å². The van der Waals surface area contributed by atoms with Gasteiger partial charge < -0.3 is 15.0 Å². The highest BCUT2D eigenvalue weighted by molar-refractivity contribution is 8.00. The summed E-state index contributed by atoms with van der Waals surface area (Å²) in [6.45, 7) is 1.37. The molecular formula is C29H26N2O3S. The minimum absolute atomic E-state index is 0.0473. The summed E-state index contributed by atoms with van der Waals surface area (Å²) in [5.41, 5.74) is 2.71. The van der Waals surface area contributed by atoms with Crippen LogP contribution in [0.25, 0.3) is 10.8 Å². The number of thioether (sulfide) groups is 1. The first-order valence-electron chi connectivity index (χ1n) is 11.6. The van der Waals surface area contributed by atoms with E-state index in [2.05, 4.69) is 17.4 Å². The largest absolute Gasteiger partial charge is 0.491 e. The second-order valence-corrected chi connectivity index (χ2v) is 9.44. The van der Waals surface area contributed by atoms with Crippen molar-refractivity contribution < 1.29 is 14.3 Å². The van der Waals surface area contributed by atoms with E-state index in [0.29, 0.717) is 31.0 Å². The summed E-state index contributed by atoms with van der Waals surface area (Å²) < 4.78 is 5.91. The van der Waals surface area contributed by atoms with Gasteiger partial charge in [-0.15, -0.1) is 11.8 Å². The van der Waals surface area contributed by atoms with Crippen LogP contribution in [0, 0.1) is 0 Å². The third-order valence-electron chi connectivity index (χ3n) is 6.02. The average molecular weight is 483 g/mol. The number of nitrogens with zero attached hydrogens (tertiary/aromatic N) is 1. The Morgan fingerprint density at radius 3 is 2.49 bits per heavy atom. The van der Waals surface area contributed by atoms with Crippen molar-refractivity contribution in [3.05, 3.63) is 114 Å². The molecule has 6 heteroatoms. The number of carbonyl (C=O) groups is 2. The van der Waals surface area contributed by atoms with Gasteiger partial charge in [-0.1, -0.05) is 78.9 Å². The van der Waals surface area contributed by atoms with Crippen molar-refractivity contribution in [3.63, 3.8) is 0 Å². The zero-order chi connectivity index (χ0) is 24.0. The van der Waals surface area contributed by atoms with Gasteiger partial charge in [0.1, 0.15) is 17.7 Å². The average Bonchev–Trinajstić information content (AvgIpc) is 3.27. The zero-order valence-corrected chi connectivity index (χ0v) is 20.0. The molecule has 1 unspecified atom stereocenters. The van der Waals surface area contributed by atoms with Crippen LogP contribution >= 0.6 is 11.8 Å². The summed E-state index contributed by atoms with van der Waals surface area (Å²) in [6, 6.07) is 31.6. The first-order valence-corrected chi connectivity index (χ1v) is 12.7. The van der Waals surface area contributed by atoms with E-state index in [1.165, 1.54) is 0 Å². The van der Waals surface area contributed by atoms with Gasteiger partial charge in [0.2, 0.25) is 5.91 Å². The minimum atomic E-state index is -0.144. The van der Waals surface area contributed by atoms with Crippen LogP contribution in [0.1, 0.15) is 26.9 Å². The van der Waals surface area contributed by atoms with E-state index in [1.807, 2.05) is 89.8 Å². The number of rotatable bonds is 8. The molecule has 0 saturated carbocycles. The summed E-state index contributed by atoms with van der Waals surface area (Å²) in [7, 11) is 0. The van der Waals surface area contributed by atoms with Crippen molar-refractivity contribution in [1.29, 1.82) is 0 Å². The van der Waals surface area contributed by atoms with Crippen molar-refractivity contribution in [2.45, 2.75) is 11.9 Å². The maximum Gasteiger partial charge on any atom is 0.251 e. The highest BCUT2D eigenvalue weighted by atomic mass is 32.2. The van der Waals surface area contributed by atoms with Crippen LogP contribution in [0.5, 0.6) is 5.75 Å². The molecule has 1 aliphatic rings. The molecule has 1 saturated heterocycles. The van der Waals surface area contributed by atoms with Crippen LogP contribution < -0.4 is 10.1 Å². The van der Waals surface area contributed by atoms with Crippen LogP contribution in [-0.4, -0.2) is 35.6 Å². The number of hydrogen-bond donors (Lipinski definition) is 1. The van der Waals surface area contributed by atoms with Crippen molar-refractivity contribution in [2.75, 3.05) is 18.9 Å². The highest BCUT2D eigenvalue weighted by Gasteiger charge is 2.32. The standard InChI is InChI=1S/C29H26N2O3S/c32-27-20-35-29(31(27)19-21-7-2-1-3-8-21)24-15-13-23(14-16-24)28(33)30-17-18-34-26-12-6-10-22-9-4-5-11-25(22)26/h1-16,29H,17-20H2,(H,30,33). The summed E-state index contributed by atoms with van der Waals surface area (Å²) in [5, 5.41) is 5.05. The molecule has 0 spiro atoms. The molecule has 4 aromatic rings. The summed E-state index contributed by atoms with van der Waals surface area (Å²) >= 11 is 1.62. The molecule has 5 nitrogen and oxygen atoms in total. The second kappa shape index (κ2) is 10.7. The third-order valence-corrected chi connectivity index (χ3v) is 7.27. The van der Waals surface area contributed by atoms with Crippen LogP contribution in [-0.2, 0) is 11.3 Å². The molecule has 176 valence electrons. The van der Waals surface area contributed by atoms with Gasteiger partial charge in [0.05, 0.1) is 12.3 Å². The summed E-state index contributed by atoms with van der Waals surface area (Å²) in [6.07, 6.45) is 0. The molecule has 0 bridgehead atoms. The molecule has 1 aliphatic heterocycles. The lowest BCUT2D eigenvalue weighted by Gasteiger charge is -2.24. The Kier molecular flexibility index (Phi) is 7.00. The Hall–Kier alpha value is -3.77. The van der Waals surface area contributed by atoms with Gasteiger partial charge >= 0.3 is 0 Å². The number of amides is 2. The number of hydrogen-bond acceptors (Lipinski definition) is 4. The van der Waals surface area contributed by atoms with Crippen LogP contribution in [0.2, 0.25) is 0 Å². The number of nitrogens with one attached hydrogen (secondary N) is 1. The van der Waals surface area contributed by atoms with Crippen molar-refractivity contribution in [3.8, 4) is 5.75 Å². The molecule has 0 aliphatic carbocycles. The summed E-state index contributed by atoms with van der Waals surface area (Å²) in [5.74, 6) is 1.27. The van der Waals surface area contributed by atoms with E-state index in [0.717, 1.165) is 27.6 Å². The number of fused-ring (bicyclic) bond motifs is 1. The molecule has 2 amide bonds. The lowest BCUT2D eigenvalue weighted by Crippen LogP contribution is -2.28. The molecule has 1 N–H and O–H groups in total. The highest BCUT2D eigenvalue weighted by Crippen LogP contribution is 2.39. The first kappa shape index (κ1) is 23.0. The Morgan fingerprint density at radius 1 is 0.914 bits per heavy atom. The van der Waals surface area contributed by atoms with Crippen molar-refractivity contribution >= 4 is 34.3 Å². The SMILES string of the molecule is O=C(NCCOc1cccc2ccccc12)c1ccc(C2SCC(=O)N2Cc2ccccc2)cc1. The molecule has 4 aromatic carbocycles. The van der Waals surface area contributed by atoms with Crippen molar-refractivity contribution in [1.82, 2.24) is 10.2 Å². The van der Waals surface area contributed by atoms with Gasteiger partial charge in [0, 0.05) is 17.5 Å².